The van der Waals surface area contributed by atoms with Gasteiger partial charge in [-0.15, -0.1) is 11.3 Å². The zero-order valence-electron chi connectivity index (χ0n) is 13.9. The summed E-state index contributed by atoms with van der Waals surface area (Å²) in [4.78, 5) is 14.5. The predicted molar refractivity (Wildman–Crippen MR) is 93.3 cm³/mol. The Kier molecular flexibility index (Phi) is 5.45. The Hall–Kier alpha value is -2.27. The Balaban J connectivity index is 2.34. The van der Waals surface area contributed by atoms with Crippen molar-refractivity contribution < 1.29 is 19.0 Å². The lowest BCUT2D eigenvalue weighted by atomic mass is 10.1. The van der Waals surface area contributed by atoms with Gasteiger partial charge in [0, 0.05) is 26.9 Å². The fraction of sp³-hybridized carbons (Fsp3) is 0.278. The van der Waals surface area contributed by atoms with Crippen LogP contribution in [-0.4, -0.2) is 27.1 Å². The van der Waals surface area contributed by atoms with E-state index >= 15 is 0 Å². The lowest BCUT2D eigenvalue weighted by Gasteiger charge is -2.12. The highest BCUT2D eigenvalue weighted by Gasteiger charge is 2.12. The molecule has 0 spiro atoms. The van der Waals surface area contributed by atoms with Gasteiger partial charge in [-0.2, -0.15) is 0 Å². The minimum absolute atomic E-state index is 0.0244. The van der Waals surface area contributed by atoms with Crippen LogP contribution in [-0.2, 0) is 0 Å². The number of hydrogen-bond donors (Lipinski definition) is 0. The van der Waals surface area contributed by atoms with Crippen LogP contribution in [0.15, 0.2) is 24.3 Å². The summed E-state index contributed by atoms with van der Waals surface area (Å²) in [6, 6.07) is 5.44. The minimum atomic E-state index is -0.0244. The van der Waals surface area contributed by atoms with Gasteiger partial charge in [-0.05, 0) is 38.1 Å². The first kappa shape index (κ1) is 17.1. The third-order valence-electron chi connectivity index (χ3n) is 3.46. The van der Waals surface area contributed by atoms with Gasteiger partial charge in [0.1, 0.15) is 5.75 Å². The molecular weight excluding hydrogens is 312 g/mol. The molecule has 5 heteroatoms. The maximum atomic E-state index is 12.4. The first-order valence-electron chi connectivity index (χ1n) is 7.09. The van der Waals surface area contributed by atoms with Crippen LogP contribution in [0, 0.1) is 13.8 Å². The van der Waals surface area contributed by atoms with Crippen molar-refractivity contribution in [3.05, 3.63) is 45.2 Å². The van der Waals surface area contributed by atoms with Crippen molar-refractivity contribution in [2.75, 3.05) is 21.3 Å². The van der Waals surface area contributed by atoms with E-state index < -0.39 is 0 Å². The largest absolute Gasteiger partial charge is 0.496 e. The molecule has 1 aromatic carbocycles. The van der Waals surface area contributed by atoms with Crippen LogP contribution < -0.4 is 14.2 Å². The number of thiophene rings is 1. The first-order chi connectivity index (χ1) is 11.0. The van der Waals surface area contributed by atoms with E-state index in [1.165, 1.54) is 0 Å². The third-order valence-corrected chi connectivity index (χ3v) is 4.42. The van der Waals surface area contributed by atoms with Gasteiger partial charge in [0.25, 0.3) is 0 Å². The van der Waals surface area contributed by atoms with Gasteiger partial charge in [0.05, 0.1) is 21.3 Å². The molecule has 122 valence electrons. The SMILES string of the molecule is COc1cc(OC)c(OC)cc1/C=C/C(=O)c1cc(C)sc1C. The number of aryl methyl sites for hydroxylation is 2. The number of allylic oxidation sites excluding steroid dienone is 1. The second-order valence-corrected chi connectivity index (χ2v) is 6.43. The highest BCUT2D eigenvalue weighted by Crippen LogP contribution is 2.35. The standard InChI is InChI=1S/C18H20O4S/c1-11-8-14(12(2)23-11)15(19)7-6-13-9-17(21-4)18(22-5)10-16(13)20-3/h6-10H,1-5H3/b7-6+. The average molecular weight is 332 g/mol. The molecule has 0 aliphatic heterocycles. The maximum absolute atomic E-state index is 12.4. The monoisotopic (exact) mass is 332 g/mol. The van der Waals surface area contributed by atoms with Crippen molar-refractivity contribution in [2.24, 2.45) is 0 Å². The van der Waals surface area contributed by atoms with Crippen LogP contribution in [0.1, 0.15) is 25.7 Å². The van der Waals surface area contributed by atoms with E-state index in [2.05, 4.69) is 0 Å². The maximum Gasteiger partial charge on any atom is 0.186 e. The molecule has 2 aromatic rings. The second kappa shape index (κ2) is 7.33. The zero-order valence-corrected chi connectivity index (χ0v) is 14.7. The molecule has 0 fully saturated rings. The molecule has 4 nitrogen and oxygen atoms in total. The summed E-state index contributed by atoms with van der Waals surface area (Å²) in [6.45, 7) is 3.95. The second-order valence-electron chi connectivity index (χ2n) is 4.97. The minimum Gasteiger partial charge on any atom is -0.496 e. The van der Waals surface area contributed by atoms with Crippen molar-refractivity contribution >= 4 is 23.2 Å². The molecule has 0 N–H and O–H groups in total. The quantitative estimate of drug-likeness (QED) is 0.585. The van der Waals surface area contributed by atoms with E-state index in [4.69, 9.17) is 14.2 Å². The van der Waals surface area contributed by atoms with Crippen LogP contribution >= 0.6 is 11.3 Å². The number of methoxy groups -OCH3 is 3. The molecule has 1 heterocycles. The summed E-state index contributed by atoms with van der Waals surface area (Å²) in [5.41, 5.74) is 1.49. The summed E-state index contributed by atoms with van der Waals surface area (Å²) in [5, 5.41) is 0. The molecule has 0 bridgehead atoms. The molecule has 0 atom stereocenters. The van der Waals surface area contributed by atoms with Gasteiger partial charge >= 0.3 is 0 Å². The van der Waals surface area contributed by atoms with Gasteiger partial charge < -0.3 is 14.2 Å². The van der Waals surface area contributed by atoms with Crippen molar-refractivity contribution in [3.8, 4) is 17.2 Å². The molecule has 0 saturated carbocycles. The summed E-state index contributed by atoms with van der Waals surface area (Å²) in [6.07, 6.45) is 3.29. The molecular formula is C18H20O4S. The summed E-state index contributed by atoms with van der Waals surface area (Å²) in [7, 11) is 4.71. The van der Waals surface area contributed by atoms with Crippen LogP contribution in [0.2, 0.25) is 0 Å². The van der Waals surface area contributed by atoms with E-state index in [-0.39, 0.29) is 5.78 Å². The van der Waals surface area contributed by atoms with Crippen molar-refractivity contribution in [2.45, 2.75) is 13.8 Å². The molecule has 1 aromatic heterocycles. The van der Waals surface area contributed by atoms with E-state index in [1.54, 1.807) is 57.0 Å². The van der Waals surface area contributed by atoms with Crippen LogP contribution in [0.4, 0.5) is 0 Å². The molecule has 0 amide bonds. The van der Waals surface area contributed by atoms with Gasteiger partial charge in [0.2, 0.25) is 0 Å². The van der Waals surface area contributed by atoms with Crippen LogP contribution in [0.25, 0.3) is 6.08 Å². The molecule has 0 aliphatic carbocycles. The fourth-order valence-electron chi connectivity index (χ4n) is 2.31. The molecule has 0 unspecified atom stereocenters. The highest BCUT2D eigenvalue weighted by atomic mass is 32.1. The predicted octanol–water partition coefficient (Wildman–Crippen LogP) is 4.29. The molecule has 23 heavy (non-hydrogen) atoms. The first-order valence-corrected chi connectivity index (χ1v) is 7.91. The number of hydrogen-bond acceptors (Lipinski definition) is 5. The lowest BCUT2D eigenvalue weighted by Crippen LogP contribution is -1.96. The molecule has 2 rings (SSSR count). The highest BCUT2D eigenvalue weighted by molar-refractivity contribution is 7.12. The van der Waals surface area contributed by atoms with Crippen LogP contribution in [0.5, 0.6) is 17.2 Å². The van der Waals surface area contributed by atoms with E-state index in [9.17, 15) is 4.79 Å². The Labute approximate surface area is 140 Å². The number of benzene rings is 1. The number of carbonyl (C=O) groups excluding carboxylic acids is 1. The van der Waals surface area contributed by atoms with Gasteiger partial charge in [0.15, 0.2) is 17.3 Å². The van der Waals surface area contributed by atoms with E-state index in [0.29, 0.717) is 17.2 Å². The third kappa shape index (κ3) is 3.74. The Morgan fingerprint density at radius 2 is 1.57 bits per heavy atom. The number of ether oxygens (including phenoxy) is 3. The number of carbonyl (C=O) groups is 1. The zero-order chi connectivity index (χ0) is 17.0. The molecule has 0 radical (unpaired) electrons. The Morgan fingerprint density at radius 3 is 2.09 bits per heavy atom. The lowest BCUT2D eigenvalue weighted by molar-refractivity contribution is 0.104. The average Bonchev–Trinajstić information content (AvgIpc) is 2.90. The molecule has 0 aliphatic rings. The normalized spacial score (nSPS) is 10.8. The van der Waals surface area contributed by atoms with Gasteiger partial charge in [-0.3, -0.25) is 4.79 Å². The summed E-state index contributed by atoms with van der Waals surface area (Å²) < 4.78 is 15.9. The topological polar surface area (TPSA) is 44.8 Å². The number of ketones is 1. The van der Waals surface area contributed by atoms with Gasteiger partial charge in [-0.25, -0.2) is 0 Å². The van der Waals surface area contributed by atoms with E-state index in [1.807, 2.05) is 19.9 Å². The fourth-order valence-corrected chi connectivity index (χ4v) is 3.24. The summed E-state index contributed by atoms with van der Waals surface area (Å²) >= 11 is 1.62. The van der Waals surface area contributed by atoms with Crippen molar-refractivity contribution in [3.63, 3.8) is 0 Å². The summed E-state index contributed by atoms with van der Waals surface area (Å²) in [5.74, 6) is 1.76. The van der Waals surface area contributed by atoms with Crippen LogP contribution in [0.3, 0.4) is 0 Å². The smallest absolute Gasteiger partial charge is 0.186 e. The van der Waals surface area contributed by atoms with Crippen molar-refractivity contribution in [1.82, 2.24) is 0 Å². The van der Waals surface area contributed by atoms with Crippen molar-refractivity contribution in [1.29, 1.82) is 0 Å². The van der Waals surface area contributed by atoms with E-state index in [0.717, 1.165) is 20.9 Å². The Bertz CT molecular complexity index is 744. The Morgan fingerprint density at radius 1 is 0.957 bits per heavy atom. The molecule has 0 saturated heterocycles. The number of rotatable bonds is 6. The van der Waals surface area contributed by atoms with Gasteiger partial charge in [-0.1, -0.05) is 0 Å².